The molecule has 1 unspecified atom stereocenters. The molecule has 2 aromatic rings. The molecule has 4 N–H and O–H groups in total. The van der Waals surface area contributed by atoms with Crippen molar-refractivity contribution in [3.63, 3.8) is 0 Å². The lowest BCUT2D eigenvalue weighted by molar-refractivity contribution is 0.0498. The monoisotopic (exact) mass is 563 g/mol. The molecule has 214 valence electrons. The number of rotatable bonds is 11. The van der Waals surface area contributed by atoms with Crippen molar-refractivity contribution in [1.82, 2.24) is 19.8 Å². The number of aliphatic hydroxyl groups excluding tert-OH is 1. The van der Waals surface area contributed by atoms with E-state index in [-0.39, 0.29) is 37.2 Å². The van der Waals surface area contributed by atoms with Gasteiger partial charge < -0.3 is 35.4 Å². The Balaban J connectivity index is 1.51. The highest BCUT2D eigenvalue weighted by molar-refractivity contribution is 6.30. The largest absolute Gasteiger partial charge is 0.495 e. The first-order valence-corrected chi connectivity index (χ1v) is 13.2. The fourth-order valence-electron chi connectivity index (χ4n) is 4.33. The van der Waals surface area contributed by atoms with Gasteiger partial charge in [-0.3, -0.25) is 9.69 Å². The number of β-amino-alcohol motifs (C(OH)–C–C–N with tert-alkyl or cyclic N) is 1. The molecule has 0 bridgehead atoms. The first kappa shape index (κ1) is 30.2. The third-order valence-corrected chi connectivity index (χ3v) is 6.54. The summed E-state index contributed by atoms with van der Waals surface area (Å²) in [5.41, 5.74) is 5.63. The van der Waals surface area contributed by atoms with Crippen LogP contribution in [-0.2, 0) is 4.74 Å². The predicted molar refractivity (Wildman–Crippen MR) is 150 cm³/mol. The summed E-state index contributed by atoms with van der Waals surface area (Å²) in [5.74, 6) is 0.679. The second-order valence-electron chi connectivity index (χ2n) is 10.2. The smallest absolute Gasteiger partial charge is 0.404 e. The fraction of sp³-hybridized carbons (Fsp3) is 0.538. The molecule has 0 radical (unpaired) electrons. The third-order valence-electron chi connectivity index (χ3n) is 6.31. The minimum absolute atomic E-state index is 0.0262. The molecule has 3 rings (SSSR count). The van der Waals surface area contributed by atoms with Gasteiger partial charge in [-0.1, -0.05) is 11.6 Å². The predicted octanol–water partition coefficient (Wildman–Crippen LogP) is 2.07. The quantitative estimate of drug-likeness (QED) is 0.371. The van der Waals surface area contributed by atoms with E-state index in [1.165, 1.54) is 12.3 Å². The number of carbonyl (C=O) groups is 2. The van der Waals surface area contributed by atoms with Crippen LogP contribution in [0.5, 0.6) is 5.75 Å². The van der Waals surface area contributed by atoms with Crippen molar-refractivity contribution in [2.24, 2.45) is 5.73 Å². The standard InChI is InChI=1S/C26H38ClN7O5/c1-26(2,3)34(13-14-39-24(28)37)23(36)20-7-8-29-25(31-20)30-16-19(35)17-32-9-11-33(12-10-32)21-15-18(27)5-6-22(21)38-4/h5-8,15,19,35H,9-14,16-17H2,1-4H3,(H2,28,37)(H,29,30,31). The maximum atomic E-state index is 13.2. The molecule has 1 atom stereocenters. The Morgan fingerprint density at radius 1 is 1.23 bits per heavy atom. The minimum atomic E-state index is -0.897. The van der Waals surface area contributed by atoms with Gasteiger partial charge in [0.25, 0.3) is 5.91 Å². The molecule has 1 aliphatic rings. The van der Waals surface area contributed by atoms with Crippen molar-refractivity contribution in [3.8, 4) is 5.75 Å². The molecule has 2 amide bonds. The number of carbonyl (C=O) groups excluding carboxylic acids is 2. The fourth-order valence-corrected chi connectivity index (χ4v) is 4.50. The number of anilines is 2. The summed E-state index contributed by atoms with van der Waals surface area (Å²) in [6.45, 7) is 9.54. The van der Waals surface area contributed by atoms with Gasteiger partial charge in [-0.15, -0.1) is 0 Å². The number of hydrogen-bond acceptors (Lipinski definition) is 10. The van der Waals surface area contributed by atoms with Crippen LogP contribution in [-0.4, -0.2) is 108 Å². The highest BCUT2D eigenvalue weighted by Crippen LogP contribution is 2.31. The van der Waals surface area contributed by atoms with Crippen LogP contribution in [0.15, 0.2) is 30.5 Å². The van der Waals surface area contributed by atoms with Crippen molar-refractivity contribution >= 4 is 35.2 Å². The summed E-state index contributed by atoms with van der Waals surface area (Å²) in [6.07, 6.45) is -0.0807. The third kappa shape index (κ3) is 8.84. The zero-order valence-corrected chi connectivity index (χ0v) is 23.6. The van der Waals surface area contributed by atoms with Gasteiger partial charge >= 0.3 is 6.09 Å². The summed E-state index contributed by atoms with van der Waals surface area (Å²) in [4.78, 5) is 38.6. The number of ether oxygens (including phenoxy) is 2. The van der Waals surface area contributed by atoms with Gasteiger partial charge in [0, 0.05) is 56.0 Å². The zero-order valence-electron chi connectivity index (χ0n) is 22.9. The summed E-state index contributed by atoms with van der Waals surface area (Å²) in [7, 11) is 1.64. The van der Waals surface area contributed by atoms with E-state index in [1.54, 1.807) is 18.1 Å². The van der Waals surface area contributed by atoms with Crippen LogP contribution >= 0.6 is 11.6 Å². The molecule has 1 aliphatic heterocycles. The average molecular weight is 564 g/mol. The normalized spacial score (nSPS) is 15.0. The molecule has 2 heterocycles. The van der Waals surface area contributed by atoms with Crippen LogP contribution in [0, 0.1) is 0 Å². The summed E-state index contributed by atoms with van der Waals surface area (Å²) in [6, 6.07) is 7.10. The van der Waals surface area contributed by atoms with Crippen LogP contribution < -0.4 is 20.7 Å². The van der Waals surface area contributed by atoms with Gasteiger partial charge in [0.15, 0.2) is 0 Å². The molecular formula is C26H38ClN7O5. The van der Waals surface area contributed by atoms with Gasteiger partial charge in [-0.25, -0.2) is 14.8 Å². The Labute approximate surface area is 234 Å². The van der Waals surface area contributed by atoms with Gasteiger partial charge in [-0.2, -0.15) is 0 Å². The number of amides is 2. The molecule has 1 aromatic heterocycles. The average Bonchev–Trinajstić information content (AvgIpc) is 2.89. The Morgan fingerprint density at radius 3 is 2.59 bits per heavy atom. The maximum Gasteiger partial charge on any atom is 0.404 e. The highest BCUT2D eigenvalue weighted by atomic mass is 35.5. The lowest BCUT2D eigenvalue weighted by atomic mass is 10.1. The van der Waals surface area contributed by atoms with Crippen molar-refractivity contribution in [2.45, 2.75) is 32.4 Å². The molecule has 1 aromatic carbocycles. The second kappa shape index (κ2) is 13.6. The van der Waals surface area contributed by atoms with Crippen molar-refractivity contribution in [3.05, 3.63) is 41.2 Å². The SMILES string of the molecule is COc1ccc(Cl)cc1N1CCN(CC(O)CNc2nccc(C(=O)N(CCOC(N)=O)C(C)(C)C)n2)CC1. The van der Waals surface area contributed by atoms with E-state index in [0.717, 1.165) is 37.6 Å². The molecule has 1 saturated heterocycles. The van der Waals surface area contributed by atoms with E-state index in [1.807, 2.05) is 32.9 Å². The molecule has 0 aliphatic carbocycles. The first-order chi connectivity index (χ1) is 18.5. The van der Waals surface area contributed by atoms with Crippen LogP contribution in [0.1, 0.15) is 31.3 Å². The number of piperazine rings is 1. The molecule has 0 saturated carbocycles. The van der Waals surface area contributed by atoms with Gasteiger partial charge in [0.05, 0.1) is 25.4 Å². The van der Waals surface area contributed by atoms with E-state index >= 15 is 0 Å². The topological polar surface area (TPSA) is 146 Å². The summed E-state index contributed by atoms with van der Waals surface area (Å²) < 4.78 is 10.3. The molecule has 13 heteroatoms. The lowest BCUT2D eigenvalue weighted by Gasteiger charge is -2.37. The van der Waals surface area contributed by atoms with Gasteiger partial charge in [0.2, 0.25) is 5.95 Å². The molecular weight excluding hydrogens is 526 g/mol. The van der Waals surface area contributed by atoms with Crippen LogP contribution in [0.2, 0.25) is 5.02 Å². The summed E-state index contributed by atoms with van der Waals surface area (Å²) in [5, 5.41) is 14.3. The molecule has 0 spiro atoms. The zero-order chi connectivity index (χ0) is 28.6. The van der Waals surface area contributed by atoms with Gasteiger partial charge in [0.1, 0.15) is 18.1 Å². The Morgan fingerprint density at radius 2 is 1.95 bits per heavy atom. The lowest BCUT2D eigenvalue weighted by Crippen LogP contribution is -2.49. The van der Waals surface area contributed by atoms with Crippen LogP contribution in [0.4, 0.5) is 16.4 Å². The van der Waals surface area contributed by atoms with E-state index < -0.39 is 17.7 Å². The number of primary amides is 1. The number of hydrogen-bond donors (Lipinski definition) is 3. The Kier molecular flexibility index (Phi) is 10.6. The van der Waals surface area contributed by atoms with Crippen molar-refractivity contribution < 1.29 is 24.2 Å². The van der Waals surface area contributed by atoms with E-state index in [4.69, 9.17) is 26.8 Å². The number of aromatic nitrogens is 2. The van der Waals surface area contributed by atoms with Crippen molar-refractivity contribution in [1.29, 1.82) is 0 Å². The molecule has 12 nitrogen and oxygen atoms in total. The number of methoxy groups -OCH3 is 1. The van der Waals surface area contributed by atoms with Crippen LogP contribution in [0.25, 0.3) is 0 Å². The van der Waals surface area contributed by atoms with Gasteiger partial charge in [-0.05, 0) is 45.0 Å². The summed E-state index contributed by atoms with van der Waals surface area (Å²) >= 11 is 6.18. The van der Waals surface area contributed by atoms with Crippen molar-refractivity contribution in [2.75, 3.05) is 69.7 Å². The number of halogens is 1. The number of nitrogens with two attached hydrogens (primary N) is 1. The minimum Gasteiger partial charge on any atom is -0.495 e. The number of aliphatic hydroxyl groups is 1. The number of nitrogens with zero attached hydrogens (tertiary/aromatic N) is 5. The molecule has 1 fully saturated rings. The number of benzene rings is 1. The Bertz CT molecular complexity index is 1120. The first-order valence-electron chi connectivity index (χ1n) is 12.8. The Hall–Kier alpha value is -3.35. The molecule has 39 heavy (non-hydrogen) atoms. The van der Waals surface area contributed by atoms with E-state index in [2.05, 4.69) is 25.1 Å². The highest BCUT2D eigenvalue weighted by Gasteiger charge is 2.28. The second-order valence-corrected chi connectivity index (χ2v) is 10.6. The maximum absolute atomic E-state index is 13.2. The van der Waals surface area contributed by atoms with E-state index in [9.17, 15) is 14.7 Å². The van der Waals surface area contributed by atoms with Crippen LogP contribution in [0.3, 0.4) is 0 Å². The number of nitrogens with one attached hydrogen (secondary N) is 1. The van der Waals surface area contributed by atoms with E-state index in [0.29, 0.717) is 11.6 Å².